The van der Waals surface area contributed by atoms with Crippen LogP contribution in [0.5, 0.6) is 0 Å². The third-order valence-corrected chi connectivity index (χ3v) is 2.82. The van der Waals surface area contributed by atoms with Gasteiger partial charge in [-0.15, -0.1) is 13.2 Å². The minimum absolute atomic E-state index is 0.00350. The first-order chi connectivity index (χ1) is 7.88. The number of carbonyl (C=O) groups is 1. The third-order valence-electron chi connectivity index (χ3n) is 2.82. The van der Waals surface area contributed by atoms with Crippen molar-refractivity contribution in [2.45, 2.75) is 38.1 Å². The molecule has 7 heteroatoms. The molecule has 0 spiro atoms. The summed E-state index contributed by atoms with van der Waals surface area (Å²) in [5.74, 6) is -1.02. The summed E-state index contributed by atoms with van der Waals surface area (Å²) >= 11 is 0. The molecule has 1 aliphatic rings. The van der Waals surface area contributed by atoms with E-state index in [0.29, 0.717) is 0 Å². The van der Waals surface area contributed by atoms with Crippen LogP contribution >= 0.6 is 0 Å². The van der Waals surface area contributed by atoms with Crippen LogP contribution in [0.1, 0.15) is 25.7 Å². The van der Waals surface area contributed by atoms with Crippen molar-refractivity contribution in [2.75, 3.05) is 19.7 Å². The van der Waals surface area contributed by atoms with Crippen molar-refractivity contribution in [2.24, 2.45) is 0 Å². The molecule has 0 amide bonds. The number of carboxylic acids is 1. The highest BCUT2D eigenvalue weighted by atomic mass is 19.4. The lowest BCUT2D eigenvalue weighted by Gasteiger charge is -2.26. The van der Waals surface area contributed by atoms with Crippen LogP contribution in [0, 0.1) is 0 Å². The molecule has 17 heavy (non-hydrogen) atoms. The number of hydrogen-bond donors (Lipinski definition) is 1. The van der Waals surface area contributed by atoms with Crippen LogP contribution in [-0.4, -0.2) is 48.1 Å². The zero-order chi connectivity index (χ0) is 12.9. The molecular weight excluding hydrogens is 239 g/mol. The van der Waals surface area contributed by atoms with Gasteiger partial charge in [-0.05, 0) is 12.8 Å². The summed E-state index contributed by atoms with van der Waals surface area (Å²) in [4.78, 5) is 12.2. The molecule has 0 radical (unpaired) electrons. The van der Waals surface area contributed by atoms with Crippen molar-refractivity contribution < 1.29 is 27.8 Å². The fraction of sp³-hybridized carbons (Fsp3) is 0.900. The van der Waals surface area contributed by atoms with E-state index >= 15 is 0 Å². The highest BCUT2D eigenvalue weighted by Gasteiger charge is 2.30. The van der Waals surface area contributed by atoms with Gasteiger partial charge in [-0.3, -0.25) is 14.4 Å². The first-order valence-electron chi connectivity index (χ1n) is 5.55. The normalized spacial score (nSPS) is 17.9. The number of nitrogens with zero attached hydrogens (tertiary/aromatic N) is 1. The summed E-state index contributed by atoms with van der Waals surface area (Å²) in [5.41, 5.74) is 0. The fourth-order valence-corrected chi connectivity index (χ4v) is 2.11. The first-order valence-corrected chi connectivity index (χ1v) is 5.55. The molecule has 0 atom stereocenters. The van der Waals surface area contributed by atoms with E-state index in [1.54, 1.807) is 4.90 Å². The van der Waals surface area contributed by atoms with Gasteiger partial charge in [0.05, 0.1) is 13.2 Å². The third kappa shape index (κ3) is 5.88. The van der Waals surface area contributed by atoms with Crippen LogP contribution in [0.15, 0.2) is 0 Å². The van der Waals surface area contributed by atoms with Crippen molar-refractivity contribution >= 4 is 5.97 Å². The lowest BCUT2D eigenvalue weighted by Crippen LogP contribution is -2.40. The monoisotopic (exact) mass is 255 g/mol. The Balaban J connectivity index is 2.37. The van der Waals surface area contributed by atoms with Gasteiger partial charge in [-0.1, -0.05) is 12.8 Å². The van der Waals surface area contributed by atoms with Gasteiger partial charge in [0.1, 0.15) is 0 Å². The maximum atomic E-state index is 11.8. The van der Waals surface area contributed by atoms with Crippen molar-refractivity contribution in [3.63, 3.8) is 0 Å². The number of halogens is 3. The van der Waals surface area contributed by atoms with Gasteiger partial charge < -0.3 is 5.11 Å². The minimum Gasteiger partial charge on any atom is -0.480 e. The van der Waals surface area contributed by atoms with E-state index in [9.17, 15) is 18.0 Å². The van der Waals surface area contributed by atoms with Crippen molar-refractivity contribution in [1.82, 2.24) is 4.90 Å². The molecule has 0 bridgehead atoms. The topological polar surface area (TPSA) is 49.8 Å². The summed E-state index contributed by atoms with van der Waals surface area (Å²) in [6.07, 6.45) is -0.953. The van der Waals surface area contributed by atoms with Crippen molar-refractivity contribution in [1.29, 1.82) is 0 Å². The molecule has 4 nitrogen and oxygen atoms in total. The molecule has 1 saturated carbocycles. The van der Waals surface area contributed by atoms with E-state index in [-0.39, 0.29) is 19.1 Å². The molecule has 1 fully saturated rings. The maximum Gasteiger partial charge on any atom is 0.522 e. The Bertz CT molecular complexity index is 252. The molecule has 0 unspecified atom stereocenters. The standard InChI is InChI=1S/C10H16F3NO3/c11-10(12,13)17-6-5-14(7-9(15)16)8-3-1-2-4-8/h8H,1-7H2,(H,15,16). The van der Waals surface area contributed by atoms with Gasteiger partial charge in [-0.2, -0.15) is 0 Å². The molecule has 0 aromatic heterocycles. The van der Waals surface area contributed by atoms with E-state index in [1.165, 1.54) is 0 Å². The van der Waals surface area contributed by atoms with Crippen LogP contribution in [-0.2, 0) is 9.53 Å². The average molecular weight is 255 g/mol. The van der Waals surface area contributed by atoms with Crippen LogP contribution in [0.2, 0.25) is 0 Å². The Morgan fingerprint density at radius 3 is 2.41 bits per heavy atom. The molecule has 0 saturated heterocycles. The highest BCUT2D eigenvalue weighted by Crippen LogP contribution is 2.23. The molecular formula is C10H16F3NO3. The Hall–Kier alpha value is -0.820. The van der Waals surface area contributed by atoms with Crippen LogP contribution in [0.25, 0.3) is 0 Å². The quantitative estimate of drug-likeness (QED) is 0.787. The molecule has 1 rings (SSSR count). The summed E-state index contributed by atoms with van der Waals surface area (Å²) in [6, 6.07) is 0.0722. The van der Waals surface area contributed by atoms with E-state index in [4.69, 9.17) is 5.11 Å². The average Bonchev–Trinajstić information content (AvgIpc) is 2.66. The predicted molar refractivity (Wildman–Crippen MR) is 53.5 cm³/mol. The summed E-state index contributed by atoms with van der Waals surface area (Å²) in [6.45, 7) is -0.754. The van der Waals surface area contributed by atoms with Gasteiger partial charge >= 0.3 is 12.3 Å². The number of rotatable bonds is 6. The zero-order valence-electron chi connectivity index (χ0n) is 9.37. The smallest absolute Gasteiger partial charge is 0.480 e. The summed E-state index contributed by atoms with van der Waals surface area (Å²) < 4.78 is 39.0. The van der Waals surface area contributed by atoms with Gasteiger partial charge in [0.15, 0.2) is 0 Å². The molecule has 1 aliphatic carbocycles. The Kier molecular flexibility index (Phi) is 5.20. The molecule has 1 N–H and O–H groups in total. The SMILES string of the molecule is O=C(O)CN(CCOC(F)(F)F)C1CCCC1. The number of aliphatic carboxylic acids is 1. The number of hydrogen-bond acceptors (Lipinski definition) is 3. The van der Waals surface area contributed by atoms with Crippen molar-refractivity contribution in [3.8, 4) is 0 Å². The molecule has 0 aliphatic heterocycles. The van der Waals surface area contributed by atoms with Crippen molar-refractivity contribution in [3.05, 3.63) is 0 Å². The summed E-state index contributed by atoms with van der Waals surface area (Å²) in [7, 11) is 0. The second-order valence-electron chi connectivity index (χ2n) is 4.10. The van der Waals surface area contributed by atoms with Crippen LogP contribution < -0.4 is 0 Å². The molecule has 0 aromatic carbocycles. The van der Waals surface area contributed by atoms with Gasteiger partial charge in [0.25, 0.3) is 0 Å². The lowest BCUT2D eigenvalue weighted by atomic mass is 10.2. The van der Waals surface area contributed by atoms with E-state index in [0.717, 1.165) is 25.7 Å². The van der Waals surface area contributed by atoms with Crippen LogP contribution in [0.4, 0.5) is 13.2 Å². The second-order valence-corrected chi connectivity index (χ2v) is 4.10. The largest absolute Gasteiger partial charge is 0.522 e. The number of carboxylic acid groups (broad SMARTS) is 1. The van der Waals surface area contributed by atoms with E-state index in [1.807, 2.05) is 0 Å². The fourth-order valence-electron chi connectivity index (χ4n) is 2.11. The second kappa shape index (κ2) is 6.20. The van der Waals surface area contributed by atoms with Gasteiger partial charge in [-0.25, -0.2) is 0 Å². The molecule has 0 heterocycles. The number of alkyl halides is 3. The highest BCUT2D eigenvalue weighted by molar-refractivity contribution is 5.69. The minimum atomic E-state index is -4.65. The Labute approximate surface area is 97.3 Å². The lowest BCUT2D eigenvalue weighted by molar-refractivity contribution is -0.325. The predicted octanol–water partition coefficient (Wildman–Crippen LogP) is 1.85. The van der Waals surface area contributed by atoms with E-state index < -0.39 is 18.9 Å². The molecule has 0 aromatic rings. The van der Waals surface area contributed by atoms with Crippen LogP contribution in [0.3, 0.4) is 0 Å². The first kappa shape index (κ1) is 14.2. The Morgan fingerprint density at radius 2 is 1.94 bits per heavy atom. The maximum absolute atomic E-state index is 11.8. The van der Waals surface area contributed by atoms with Gasteiger partial charge in [0.2, 0.25) is 0 Å². The molecule has 100 valence electrons. The van der Waals surface area contributed by atoms with E-state index in [2.05, 4.69) is 4.74 Å². The summed E-state index contributed by atoms with van der Waals surface area (Å²) in [5, 5.41) is 8.70. The van der Waals surface area contributed by atoms with Gasteiger partial charge in [0, 0.05) is 12.6 Å². The number of ether oxygens (including phenoxy) is 1. The Morgan fingerprint density at radius 1 is 1.35 bits per heavy atom. The zero-order valence-corrected chi connectivity index (χ0v) is 9.37.